The van der Waals surface area contributed by atoms with Gasteiger partial charge in [-0.1, -0.05) is 41.7 Å². The number of aliphatic hydroxyl groups is 1. The van der Waals surface area contributed by atoms with Crippen LogP contribution < -0.4 is 23.6 Å². The Balaban J connectivity index is 0.00000138. The molecule has 0 radical (unpaired) electrons. The first kappa shape index (κ1) is 28.9. The molecule has 0 aliphatic heterocycles. The van der Waals surface area contributed by atoms with Crippen LogP contribution in [-0.2, 0) is 24.2 Å². The molecule has 3 rings (SSSR count). The molecule has 0 atom stereocenters. The van der Waals surface area contributed by atoms with Gasteiger partial charge in [-0.15, -0.1) is 18.7 Å². The quantitative estimate of drug-likeness (QED) is 0.354. The first-order valence-corrected chi connectivity index (χ1v) is 9.26. The summed E-state index contributed by atoms with van der Waals surface area (Å²) in [6.45, 7) is 7.06. The normalized spacial score (nSPS) is 12.5. The first-order chi connectivity index (χ1) is 13.8. The van der Waals surface area contributed by atoms with Gasteiger partial charge in [-0.2, -0.15) is 18.6 Å². The van der Waals surface area contributed by atoms with Crippen molar-refractivity contribution < 1.29 is 46.7 Å². The number of hydrogen-bond donors (Lipinski definition) is 1. The van der Waals surface area contributed by atoms with Gasteiger partial charge in [0, 0.05) is 6.61 Å². The molecule has 0 unspecified atom stereocenters. The molecule has 0 amide bonds. The molecule has 0 saturated carbocycles. The minimum absolute atomic E-state index is 0. The van der Waals surface area contributed by atoms with Gasteiger partial charge >= 0.3 is 25.2 Å². The zero-order valence-corrected chi connectivity index (χ0v) is 18.0. The number of carbonyl (C=O) groups excluding carboxylic acids is 1. The summed E-state index contributed by atoms with van der Waals surface area (Å²) in [6, 6.07) is 7.86. The summed E-state index contributed by atoms with van der Waals surface area (Å²) in [5.74, 6) is -0.232. The Hall–Kier alpha value is -2.13. The van der Waals surface area contributed by atoms with E-state index in [1.165, 1.54) is 24.0 Å². The Morgan fingerprint density at radius 1 is 1.13 bits per heavy atom. The van der Waals surface area contributed by atoms with Crippen molar-refractivity contribution in [1.29, 1.82) is 0 Å². The second-order valence-electron chi connectivity index (χ2n) is 6.63. The molecule has 0 heterocycles. The summed E-state index contributed by atoms with van der Waals surface area (Å²) in [4.78, 5) is 8.93. The third-order valence-corrected chi connectivity index (χ3v) is 4.75. The van der Waals surface area contributed by atoms with Crippen LogP contribution >= 0.6 is 0 Å². The Bertz CT molecular complexity index is 841. The molecule has 31 heavy (non-hydrogen) atoms. The molecule has 1 N–H and O–H groups in total. The van der Waals surface area contributed by atoms with Crippen LogP contribution in [0.3, 0.4) is 0 Å². The Labute approximate surface area is 194 Å². The molecule has 0 saturated heterocycles. The predicted molar refractivity (Wildman–Crippen MR) is 113 cm³/mol. The van der Waals surface area contributed by atoms with Crippen LogP contribution in [0, 0.1) is 14.4 Å². The molecule has 0 aromatic heterocycles. The number of fused-ring (bicyclic) bond motifs is 1. The van der Waals surface area contributed by atoms with E-state index < -0.39 is 6.36 Å². The zero-order chi connectivity index (χ0) is 21.4. The fourth-order valence-electron chi connectivity index (χ4n) is 3.55. The molecule has 2 aromatic carbocycles. The van der Waals surface area contributed by atoms with Crippen LogP contribution in [0.25, 0.3) is 11.1 Å². The molecule has 2 aromatic rings. The molecule has 7 heteroatoms. The van der Waals surface area contributed by atoms with E-state index in [1.807, 2.05) is 6.07 Å². The number of allylic oxidation sites excluding steroid dienone is 1. The molecule has 3 nitrogen and oxygen atoms in total. The summed E-state index contributed by atoms with van der Waals surface area (Å²) in [6.07, 6.45) is 2.89. The third kappa shape index (κ3) is 8.14. The summed E-state index contributed by atoms with van der Waals surface area (Å²) >= 11 is 0. The fraction of sp³-hybridized carbons (Fsp3) is 0.292. The van der Waals surface area contributed by atoms with Crippen LogP contribution in [0.2, 0.25) is 0 Å². The molecule has 1 aliphatic carbocycles. The van der Waals surface area contributed by atoms with Gasteiger partial charge in [0.25, 0.3) is 0 Å². The van der Waals surface area contributed by atoms with Crippen molar-refractivity contribution in [2.75, 3.05) is 0 Å². The van der Waals surface area contributed by atoms with Gasteiger partial charge in [0.15, 0.2) is 0 Å². The predicted octanol–water partition coefficient (Wildman–Crippen LogP) is 2.93. The van der Waals surface area contributed by atoms with Crippen molar-refractivity contribution in [2.45, 2.75) is 45.1 Å². The molecular weight excluding hydrogens is 400 g/mol. The smallest absolute Gasteiger partial charge is 0.419 e. The number of ether oxygens (including phenoxy) is 1. The summed E-state index contributed by atoms with van der Waals surface area (Å²) < 4.78 is 40.9. The van der Waals surface area contributed by atoms with Crippen molar-refractivity contribution >= 4 is 6.29 Å². The van der Waals surface area contributed by atoms with Gasteiger partial charge in [0.1, 0.15) is 5.75 Å². The van der Waals surface area contributed by atoms with Gasteiger partial charge in [-0.3, -0.25) is 0 Å². The van der Waals surface area contributed by atoms with Gasteiger partial charge in [-0.25, -0.2) is 12.7 Å². The average molecular weight is 426 g/mol. The number of hydrogen-bond acceptors (Lipinski definition) is 3. The summed E-state index contributed by atoms with van der Waals surface area (Å²) in [5.41, 5.74) is 5.81. The molecular formula is C24H26F3LiO3-2. The Morgan fingerprint density at radius 3 is 2.16 bits per heavy atom. The maximum absolute atomic E-state index is 12.3. The maximum atomic E-state index is 12.3. The van der Waals surface area contributed by atoms with E-state index in [0.29, 0.717) is 0 Å². The second-order valence-corrected chi connectivity index (χ2v) is 6.63. The third-order valence-electron chi connectivity index (χ3n) is 4.75. The fourth-order valence-corrected chi connectivity index (χ4v) is 3.55. The van der Waals surface area contributed by atoms with E-state index in [9.17, 15) is 18.3 Å². The molecule has 0 bridgehead atoms. The number of halogens is 3. The topological polar surface area (TPSA) is 46.5 Å². The minimum atomic E-state index is -4.69. The SMILES string of the molecule is C=C[C-]=O.[CH2-]c1cc(-c2ccc(OC(F)(F)F)cc2)c2c(c1CO)CCCCC2.[CH3-].[Li+]. The van der Waals surface area contributed by atoms with E-state index in [0.717, 1.165) is 66.0 Å². The molecule has 0 spiro atoms. The van der Waals surface area contributed by atoms with Crippen LogP contribution in [0.1, 0.15) is 41.5 Å². The summed E-state index contributed by atoms with van der Waals surface area (Å²) in [5, 5.41) is 9.71. The van der Waals surface area contributed by atoms with Crippen molar-refractivity contribution in [3.05, 3.63) is 79.6 Å². The van der Waals surface area contributed by atoms with Crippen LogP contribution in [0.4, 0.5) is 13.2 Å². The monoisotopic (exact) mass is 426 g/mol. The Morgan fingerprint density at radius 2 is 1.68 bits per heavy atom. The maximum Gasteiger partial charge on any atom is 1.00 e. The zero-order valence-electron chi connectivity index (χ0n) is 18.0. The van der Waals surface area contributed by atoms with Crippen LogP contribution in [0.5, 0.6) is 5.75 Å². The van der Waals surface area contributed by atoms with Crippen molar-refractivity contribution in [3.8, 4) is 16.9 Å². The van der Waals surface area contributed by atoms with Gasteiger partial charge in [0.2, 0.25) is 0 Å². The number of rotatable bonds is 4. The largest absolute Gasteiger partial charge is 1.00 e. The standard InChI is InChI=1S/C20H20F3O2.C3H3O.CH3.Li/c1-13-11-18(14-7-9-15(10-8-14)25-20(21,22)23)16-5-3-2-4-6-17(16)19(13)12-24;1-2-3-4;;/h7-11,24H,1-6,12H2;2H,1H2;1H3;/q3*-1;+1. The number of alkyl halides is 3. The van der Waals surface area contributed by atoms with Gasteiger partial charge < -0.3 is 22.1 Å². The van der Waals surface area contributed by atoms with Crippen molar-refractivity contribution in [2.24, 2.45) is 0 Å². The summed E-state index contributed by atoms with van der Waals surface area (Å²) in [7, 11) is 0. The first-order valence-electron chi connectivity index (χ1n) is 9.26. The van der Waals surface area contributed by atoms with Crippen molar-refractivity contribution in [3.63, 3.8) is 0 Å². The number of benzene rings is 2. The van der Waals surface area contributed by atoms with E-state index in [2.05, 4.69) is 18.2 Å². The molecule has 0 fully saturated rings. The second kappa shape index (κ2) is 13.3. The average Bonchev–Trinajstić information content (AvgIpc) is 2.93. The van der Waals surface area contributed by atoms with Crippen LogP contribution in [0.15, 0.2) is 43.0 Å². The molecule has 1 aliphatic rings. The number of aliphatic hydroxyl groups excluding tert-OH is 1. The van der Waals surface area contributed by atoms with E-state index in [1.54, 1.807) is 12.1 Å². The van der Waals surface area contributed by atoms with Gasteiger partial charge in [0.05, 0.1) is 0 Å². The van der Waals surface area contributed by atoms with E-state index >= 15 is 0 Å². The van der Waals surface area contributed by atoms with Gasteiger partial charge in [-0.05, 0) is 43.2 Å². The van der Waals surface area contributed by atoms with E-state index in [-0.39, 0.29) is 38.6 Å². The Kier molecular flexibility index (Phi) is 12.4. The van der Waals surface area contributed by atoms with Crippen molar-refractivity contribution in [1.82, 2.24) is 0 Å². The van der Waals surface area contributed by atoms with E-state index in [4.69, 9.17) is 4.79 Å². The molecule has 164 valence electrons. The van der Waals surface area contributed by atoms with Crippen LogP contribution in [-0.4, -0.2) is 17.8 Å². The minimum Gasteiger partial charge on any atom is -0.419 e.